The van der Waals surface area contributed by atoms with E-state index in [1.807, 2.05) is 0 Å². The zero-order valence-electron chi connectivity index (χ0n) is 29.3. The second kappa shape index (κ2) is 12.9. The molecule has 0 amide bonds. The fraction of sp³-hybridized carbons (Fsp3) is 0.184. The van der Waals surface area contributed by atoms with E-state index in [4.69, 9.17) is 9.97 Å². The molecule has 51 heavy (non-hydrogen) atoms. The lowest BCUT2D eigenvalue weighted by molar-refractivity contribution is 0.0139. The van der Waals surface area contributed by atoms with Gasteiger partial charge in [-0.15, -0.1) is 0 Å². The van der Waals surface area contributed by atoms with Crippen molar-refractivity contribution in [2.75, 3.05) is 0 Å². The molecule has 1 aromatic heterocycles. The minimum absolute atomic E-state index is 0.0374. The highest BCUT2D eigenvalue weighted by atomic mass is 14.9. The molecule has 0 saturated heterocycles. The number of nitrogens with zero attached hydrogens (tertiary/aromatic N) is 2. The Morgan fingerprint density at radius 2 is 0.843 bits per heavy atom. The van der Waals surface area contributed by atoms with Crippen LogP contribution in [0.25, 0.3) is 22.5 Å². The smallest absolute Gasteiger partial charge is 0.0972 e. The van der Waals surface area contributed by atoms with Gasteiger partial charge in [-0.1, -0.05) is 184 Å². The molecule has 0 aliphatic heterocycles. The molecule has 1 fully saturated rings. The largest absolute Gasteiger partial charge is 0.249 e. The van der Waals surface area contributed by atoms with Gasteiger partial charge in [-0.05, 0) is 57.6 Å². The Labute approximate surface area is 301 Å². The zero-order valence-corrected chi connectivity index (χ0v) is 29.3. The number of rotatable bonds is 8. The molecule has 1 saturated carbocycles. The van der Waals surface area contributed by atoms with Crippen LogP contribution in [0.5, 0.6) is 0 Å². The quantitative estimate of drug-likeness (QED) is 0.152. The van der Waals surface area contributed by atoms with Crippen molar-refractivity contribution in [1.82, 2.24) is 9.97 Å². The van der Waals surface area contributed by atoms with Crippen LogP contribution in [0, 0.1) is 11.3 Å². The van der Waals surface area contributed by atoms with Crippen LogP contribution in [0.15, 0.2) is 170 Å². The maximum atomic E-state index is 5.79. The summed E-state index contributed by atoms with van der Waals surface area (Å²) in [7, 11) is 0. The third kappa shape index (κ3) is 5.51. The number of hydrogen-bond acceptors (Lipinski definition) is 2. The van der Waals surface area contributed by atoms with Crippen molar-refractivity contribution < 1.29 is 0 Å². The Hall–Kier alpha value is -5.60. The van der Waals surface area contributed by atoms with E-state index in [-0.39, 0.29) is 17.3 Å². The molecule has 248 valence electrons. The van der Waals surface area contributed by atoms with Gasteiger partial charge in [-0.2, -0.15) is 0 Å². The molecule has 2 bridgehead atoms. The maximum Gasteiger partial charge on any atom is 0.0972 e. The first-order valence-corrected chi connectivity index (χ1v) is 18.4. The van der Waals surface area contributed by atoms with Gasteiger partial charge in [-0.3, -0.25) is 0 Å². The van der Waals surface area contributed by atoms with Crippen molar-refractivity contribution >= 4 is 0 Å². The highest BCUT2D eigenvalue weighted by Gasteiger charge is 2.54. The van der Waals surface area contributed by atoms with E-state index in [9.17, 15) is 0 Å². The van der Waals surface area contributed by atoms with E-state index in [1.54, 1.807) is 0 Å². The molecule has 7 aromatic rings. The fourth-order valence-corrected chi connectivity index (χ4v) is 8.96. The molecule has 0 unspecified atom stereocenters. The first kappa shape index (κ1) is 31.4. The summed E-state index contributed by atoms with van der Waals surface area (Å²) < 4.78 is 0. The van der Waals surface area contributed by atoms with E-state index >= 15 is 0 Å². The average Bonchev–Trinajstić information content (AvgIpc) is 3.19. The van der Waals surface area contributed by atoms with Gasteiger partial charge in [0.1, 0.15) is 0 Å². The summed E-state index contributed by atoms with van der Waals surface area (Å²) in [5.74, 6) is 1.15. The van der Waals surface area contributed by atoms with E-state index in [0.717, 1.165) is 28.9 Å². The van der Waals surface area contributed by atoms with Gasteiger partial charge in [0.2, 0.25) is 0 Å². The molecule has 0 spiro atoms. The summed E-state index contributed by atoms with van der Waals surface area (Å²) in [4.78, 5) is 11.5. The van der Waals surface area contributed by atoms with Gasteiger partial charge in [0.25, 0.3) is 0 Å². The molecule has 2 heteroatoms. The summed E-state index contributed by atoms with van der Waals surface area (Å²) in [6.07, 6.45) is 2.19. The molecule has 10 rings (SSSR count). The lowest BCUT2D eigenvalue weighted by Gasteiger charge is -2.56. The van der Waals surface area contributed by atoms with E-state index in [2.05, 4.69) is 184 Å². The third-order valence-electron chi connectivity index (χ3n) is 11.8. The maximum absolute atomic E-state index is 5.79. The standard InChI is InChI=1S/C49H42N2/c1-49(2)37-31-42(49)48-43(32-37)50-46(40-29-17-15-27-38(40)44(33-19-7-3-8-20-33)34-21-9-4-10-22-34)47(51-48)41-30-18-16-28-39(41)45(35-23-11-5-12-24-35)36-25-13-6-14-26-36/h3-30,37,42,44-45H,31-32H2,1-2H3/t37-,42+/m1/s1. The van der Waals surface area contributed by atoms with Crippen molar-refractivity contribution in [3.63, 3.8) is 0 Å². The number of hydrogen-bond donors (Lipinski definition) is 0. The predicted octanol–water partition coefficient (Wildman–Crippen LogP) is 11.9. The molecule has 3 aliphatic carbocycles. The molecule has 0 N–H and O–H groups in total. The molecule has 1 heterocycles. The number of aromatic nitrogens is 2. The summed E-state index contributed by atoms with van der Waals surface area (Å²) in [5.41, 5.74) is 14.4. The molecule has 0 radical (unpaired) electrons. The second-order valence-electron chi connectivity index (χ2n) is 14.9. The Balaban J connectivity index is 1.31. The van der Waals surface area contributed by atoms with Gasteiger partial charge in [-0.25, -0.2) is 9.97 Å². The topological polar surface area (TPSA) is 25.8 Å². The predicted molar refractivity (Wildman–Crippen MR) is 209 cm³/mol. The molecular weight excluding hydrogens is 617 g/mol. The summed E-state index contributed by atoms with van der Waals surface area (Å²) in [6.45, 7) is 4.86. The van der Waals surface area contributed by atoms with Crippen LogP contribution in [0.1, 0.15) is 82.8 Å². The van der Waals surface area contributed by atoms with E-state index in [1.165, 1.54) is 51.2 Å². The zero-order chi connectivity index (χ0) is 34.4. The summed E-state index contributed by atoms with van der Waals surface area (Å²) in [5, 5.41) is 0. The molecular formula is C49H42N2. The highest BCUT2D eigenvalue weighted by molar-refractivity contribution is 5.83. The van der Waals surface area contributed by atoms with Crippen molar-refractivity contribution in [3.8, 4) is 22.5 Å². The van der Waals surface area contributed by atoms with Gasteiger partial charge >= 0.3 is 0 Å². The minimum Gasteiger partial charge on any atom is -0.249 e. The SMILES string of the molecule is CC1(C)[C@H]2Cc3nc(-c4ccccc4C(c4ccccc4)c4ccccc4)c(-c4ccccc4C(c4ccccc4)c4ccccc4)nc3[C@@H]1C2. The Kier molecular flexibility index (Phi) is 7.96. The van der Waals surface area contributed by atoms with Gasteiger partial charge in [0.15, 0.2) is 0 Å². The van der Waals surface area contributed by atoms with Crippen molar-refractivity contribution in [1.29, 1.82) is 0 Å². The lowest BCUT2D eigenvalue weighted by atomic mass is 9.49. The summed E-state index contributed by atoms with van der Waals surface area (Å²) >= 11 is 0. The van der Waals surface area contributed by atoms with Crippen LogP contribution in [-0.2, 0) is 6.42 Å². The minimum atomic E-state index is 0.0374. The Morgan fingerprint density at radius 3 is 1.25 bits per heavy atom. The van der Waals surface area contributed by atoms with Crippen molar-refractivity contribution in [2.24, 2.45) is 11.3 Å². The Morgan fingerprint density at radius 1 is 0.471 bits per heavy atom. The van der Waals surface area contributed by atoms with E-state index in [0.29, 0.717) is 11.8 Å². The normalized spacial score (nSPS) is 17.2. The van der Waals surface area contributed by atoms with Crippen molar-refractivity contribution in [2.45, 2.75) is 44.4 Å². The molecule has 2 nitrogen and oxygen atoms in total. The van der Waals surface area contributed by atoms with Crippen LogP contribution in [0.4, 0.5) is 0 Å². The van der Waals surface area contributed by atoms with Crippen LogP contribution in [0.3, 0.4) is 0 Å². The third-order valence-corrected chi connectivity index (χ3v) is 11.8. The van der Waals surface area contributed by atoms with Crippen LogP contribution >= 0.6 is 0 Å². The van der Waals surface area contributed by atoms with Crippen molar-refractivity contribution in [3.05, 3.63) is 215 Å². The molecule has 6 aromatic carbocycles. The van der Waals surface area contributed by atoms with Gasteiger partial charge in [0, 0.05) is 28.9 Å². The fourth-order valence-electron chi connectivity index (χ4n) is 8.96. The Bertz CT molecular complexity index is 2220. The van der Waals surface area contributed by atoms with E-state index < -0.39 is 0 Å². The van der Waals surface area contributed by atoms with Gasteiger partial charge < -0.3 is 0 Å². The summed E-state index contributed by atoms with van der Waals surface area (Å²) in [6, 6.07) is 61.5. The highest BCUT2D eigenvalue weighted by Crippen LogP contribution is 2.62. The van der Waals surface area contributed by atoms with Crippen LogP contribution < -0.4 is 0 Å². The van der Waals surface area contributed by atoms with Crippen LogP contribution in [0.2, 0.25) is 0 Å². The van der Waals surface area contributed by atoms with Crippen LogP contribution in [-0.4, -0.2) is 9.97 Å². The molecule has 2 atom stereocenters. The first-order chi connectivity index (χ1) is 25.1. The second-order valence-corrected chi connectivity index (χ2v) is 14.9. The molecule has 3 aliphatic rings. The average molecular weight is 659 g/mol. The monoisotopic (exact) mass is 658 g/mol. The van der Waals surface area contributed by atoms with Gasteiger partial charge in [0.05, 0.1) is 22.8 Å². The number of benzene rings is 6. The first-order valence-electron chi connectivity index (χ1n) is 18.4. The lowest BCUT2D eigenvalue weighted by Crippen LogP contribution is -2.49.